The van der Waals surface area contributed by atoms with Gasteiger partial charge in [-0.15, -0.1) is 0 Å². The first-order chi connectivity index (χ1) is 13.1. The molecule has 2 fully saturated rings. The van der Waals surface area contributed by atoms with Crippen LogP contribution < -0.4 is 0 Å². The molecule has 0 N–H and O–H groups in total. The molecule has 2 aliphatic heterocycles. The highest BCUT2D eigenvalue weighted by atomic mass is 16.2. The molecule has 2 saturated heterocycles. The molecule has 1 atom stereocenters. The molecule has 0 radical (unpaired) electrons. The van der Waals surface area contributed by atoms with E-state index in [9.17, 15) is 4.79 Å². The van der Waals surface area contributed by atoms with Crippen LogP contribution in [0.3, 0.4) is 0 Å². The van der Waals surface area contributed by atoms with E-state index in [1.807, 2.05) is 18.0 Å². The van der Waals surface area contributed by atoms with Gasteiger partial charge in [-0.3, -0.25) is 9.48 Å². The molecule has 2 aliphatic rings. The van der Waals surface area contributed by atoms with Crippen molar-refractivity contribution in [2.24, 2.45) is 12.5 Å². The van der Waals surface area contributed by atoms with Gasteiger partial charge in [-0.05, 0) is 48.8 Å². The summed E-state index contributed by atoms with van der Waals surface area (Å²) >= 11 is 0. The molecule has 3 heterocycles. The molecule has 1 aromatic heterocycles. The Morgan fingerprint density at radius 3 is 2.56 bits per heavy atom. The van der Waals surface area contributed by atoms with Crippen LogP contribution >= 0.6 is 0 Å². The lowest BCUT2D eigenvalue weighted by Gasteiger charge is -2.50. The van der Waals surface area contributed by atoms with Gasteiger partial charge >= 0.3 is 0 Å². The largest absolute Gasteiger partial charge is 0.337 e. The number of aryl methyl sites for hydroxylation is 1. The molecule has 4 rings (SSSR count). The topological polar surface area (TPSA) is 41.4 Å². The first kappa shape index (κ1) is 18.2. The zero-order valence-corrected chi connectivity index (χ0v) is 16.5. The maximum Gasteiger partial charge on any atom is 0.272 e. The number of likely N-dealkylation sites (N-methyl/N-ethyl adjacent to an activating group) is 1. The second-order valence-corrected chi connectivity index (χ2v) is 8.27. The fourth-order valence-corrected chi connectivity index (χ4v) is 4.98. The molecule has 5 nitrogen and oxygen atoms in total. The SMILES string of the molecule is CCN1C[C@@H](c2ccccc2)CC2(CCN(C(=O)c3ccnn3C)CC2)C1. The Morgan fingerprint density at radius 2 is 1.93 bits per heavy atom. The summed E-state index contributed by atoms with van der Waals surface area (Å²) < 4.78 is 1.68. The third-order valence-electron chi connectivity index (χ3n) is 6.59. The minimum Gasteiger partial charge on any atom is -0.337 e. The van der Waals surface area contributed by atoms with Gasteiger partial charge in [-0.1, -0.05) is 37.3 Å². The highest BCUT2D eigenvalue weighted by molar-refractivity contribution is 5.92. The van der Waals surface area contributed by atoms with Crippen molar-refractivity contribution in [3.63, 3.8) is 0 Å². The minimum absolute atomic E-state index is 0.118. The Bertz CT molecular complexity index is 777. The lowest BCUT2D eigenvalue weighted by atomic mass is 9.68. The number of hydrogen-bond acceptors (Lipinski definition) is 3. The summed E-state index contributed by atoms with van der Waals surface area (Å²) in [6.07, 6.45) is 5.12. The van der Waals surface area contributed by atoms with Gasteiger partial charge in [-0.2, -0.15) is 5.10 Å². The number of hydrogen-bond donors (Lipinski definition) is 0. The average Bonchev–Trinajstić information content (AvgIpc) is 3.14. The molecular weight excluding hydrogens is 336 g/mol. The Kier molecular flexibility index (Phi) is 5.04. The van der Waals surface area contributed by atoms with Crippen molar-refractivity contribution in [3.05, 3.63) is 53.9 Å². The van der Waals surface area contributed by atoms with Gasteiger partial charge in [0, 0.05) is 39.4 Å². The van der Waals surface area contributed by atoms with Crippen molar-refractivity contribution in [2.45, 2.75) is 32.1 Å². The van der Waals surface area contributed by atoms with Crippen LogP contribution in [0.25, 0.3) is 0 Å². The number of piperidine rings is 2. The van der Waals surface area contributed by atoms with Gasteiger partial charge in [0.25, 0.3) is 5.91 Å². The average molecular weight is 367 g/mol. The van der Waals surface area contributed by atoms with Crippen LogP contribution in [0.4, 0.5) is 0 Å². The molecular formula is C22H30N4O. The smallest absolute Gasteiger partial charge is 0.272 e. The van der Waals surface area contributed by atoms with Gasteiger partial charge in [0.2, 0.25) is 0 Å². The second kappa shape index (κ2) is 7.47. The zero-order chi connectivity index (χ0) is 18.9. The summed E-state index contributed by atoms with van der Waals surface area (Å²) in [5, 5.41) is 4.14. The monoisotopic (exact) mass is 366 g/mol. The van der Waals surface area contributed by atoms with E-state index in [0.717, 1.165) is 39.0 Å². The molecule has 27 heavy (non-hydrogen) atoms. The quantitative estimate of drug-likeness (QED) is 0.838. The number of aromatic nitrogens is 2. The van der Waals surface area contributed by atoms with Crippen LogP contribution in [0, 0.1) is 5.41 Å². The lowest BCUT2D eigenvalue weighted by Crippen LogP contribution is -2.52. The molecule has 2 aromatic rings. The number of rotatable bonds is 3. The van der Waals surface area contributed by atoms with E-state index < -0.39 is 0 Å². The molecule has 0 bridgehead atoms. The van der Waals surface area contributed by atoms with Crippen molar-refractivity contribution in [2.75, 3.05) is 32.7 Å². The molecule has 0 saturated carbocycles. The first-order valence-corrected chi connectivity index (χ1v) is 10.1. The number of benzene rings is 1. The normalized spacial score (nSPS) is 22.9. The third kappa shape index (κ3) is 3.65. The molecule has 0 unspecified atom stereocenters. The summed E-state index contributed by atoms with van der Waals surface area (Å²) in [6.45, 7) is 7.39. The Balaban J connectivity index is 1.47. The Labute approximate surface area is 162 Å². The minimum atomic E-state index is 0.118. The van der Waals surface area contributed by atoms with E-state index in [-0.39, 0.29) is 5.91 Å². The first-order valence-electron chi connectivity index (χ1n) is 10.1. The fourth-order valence-electron chi connectivity index (χ4n) is 4.98. The predicted molar refractivity (Wildman–Crippen MR) is 107 cm³/mol. The number of carbonyl (C=O) groups excluding carboxylic acids is 1. The van der Waals surface area contributed by atoms with Crippen LogP contribution in [0.5, 0.6) is 0 Å². The van der Waals surface area contributed by atoms with Crippen molar-refractivity contribution >= 4 is 5.91 Å². The molecule has 5 heteroatoms. The second-order valence-electron chi connectivity index (χ2n) is 8.27. The van der Waals surface area contributed by atoms with Gasteiger partial charge in [-0.25, -0.2) is 0 Å². The van der Waals surface area contributed by atoms with E-state index in [4.69, 9.17) is 0 Å². The van der Waals surface area contributed by atoms with Crippen molar-refractivity contribution in [3.8, 4) is 0 Å². The summed E-state index contributed by atoms with van der Waals surface area (Å²) in [6, 6.07) is 12.8. The fraction of sp³-hybridized carbons (Fsp3) is 0.545. The molecule has 1 aromatic carbocycles. The van der Waals surface area contributed by atoms with Crippen LogP contribution in [0.15, 0.2) is 42.6 Å². The van der Waals surface area contributed by atoms with Crippen LogP contribution in [-0.4, -0.2) is 58.2 Å². The zero-order valence-electron chi connectivity index (χ0n) is 16.5. The van der Waals surface area contributed by atoms with Crippen LogP contribution in [0.1, 0.15) is 48.2 Å². The lowest BCUT2D eigenvalue weighted by molar-refractivity contribution is 0.0154. The molecule has 144 valence electrons. The van der Waals surface area contributed by atoms with Gasteiger partial charge in [0.15, 0.2) is 0 Å². The van der Waals surface area contributed by atoms with E-state index in [0.29, 0.717) is 17.0 Å². The standard InChI is InChI=1S/C22H30N4O/c1-3-25-16-19(18-7-5-4-6-8-18)15-22(17-25)10-13-26(14-11-22)21(27)20-9-12-23-24(20)2/h4-9,12,19H,3,10-11,13-17H2,1-2H3/t19-/m0/s1. The highest BCUT2D eigenvalue weighted by Gasteiger charge is 2.42. The van der Waals surface area contributed by atoms with Gasteiger partial charge in [0.1, 0.15) is 5.69 Å². The van der Waals surface area contributed by atoms with Crippen LogP contribution in [-0.2, 0) is 7.05 Å². The highest BCUT2D eigenvalue weighted by Crippen LogP contribution is 2.45. The van der Waals surface area contributed by atoms with E-state index >= 15 is 0 Å². The maximum absolute atomic E-state index is 12.8. The van der Waals surface area contributed by atoms with Gasteiger partial charge < -0.3 is 9.80 Å². The van der Waals surface area contributed by atoms with Gasteiger partial charge in [0.05, 0.1) is 0 Å². The van der Waals surface area contributed by atoms with E-state index in [1.54, 1.807) is 10.9 Å². The van der Waals surface area contributed by atoms with Crippen molar-refractivity contribution in [1.29, 1.82) is 0 Å². The van der Waals surface area contributed by atoms with E-state index in [1.165, 1.54) is 18.5 Å². The van der Waals surface area contributed by atoms with Crippen molar-refractivity contribution in [1.82, 2.24) is 19.6 Å². The maximum atomic E-state index is 12.8. The van der Waals surface area contributed by atoms with Crippen molar-refractivity contribution < 1.29 is 4.79 Å². The Morgan fingerprint density at radius 1 is 1.19 bits per heavy atom. The Hall–Kier alpha value is -2.14. The summed E-state index contributed by atoms with van der Waals surface area (Å²) in [5.74, 6) is 0.715. The third-order valence-corrected chi connectivity index (χ3v) is 6.59. The number of likely N-dealkylation sites (tertiary alicyclic amines) is 2. The number of nitrogens with zero attached hydrogens (tertiary/aromatic N) is 4. The number of carbonyl (C=O) groups is 1. The molecule has 1 spiro atoms. The molecule has 1 amide bonds. The summed E-state index contributed by atoms with van der Waals surface area (Å²) in [4.78, 5) is 17.4. The van der Waals surface area contributed by atoms with E-state index in [2.05, 4.69) is 47.3 Å². The predicted octanol–water partition coefficient (Wildman–Crippen LogP) is 3.15. The van der Waals surface area contributed by atoms with Crippen LogP contribution in [0.2, 0.25) is 0 Å². The summed E-state index contributed by atoms with van der Waals surface area (Å²) in [5.41, 5.74) is 2.48. The molecule has 0 aliphatic carbocycles. The number of amides is 1. The summed E-state index contributed by atoms with van der Waals surface area (Å²) in [7, 11) is 1.84.